The van der Waals surface area contributed by atoms with Gasteiger partial charge in [-0.3, -0.25) is 19.1 Å². The highest BCUT2D eigenvalue weighted by molar-refractivity contribution is 7.91. The van der Waals surface area contributed by atoms with Crippen LogP contribution in [0.2, 0.25) is 0 Å². The molecule has 0 bridgehead atoms. The van der Waals surface area contributed by atoms with Gasteiger partial charge in [-0.15, -0.1) is 6.58 Å². The maximum atomic E-state index is 14.5. The number of likely N-dealkylation sites (tertiary alicyclic amines) is 1. The number of amides is 4. The van der Waals surface area contributed by atoms with Crippen LogP contribution in [0.15, 0.2) is 67.3 Å². The molecule has 4 amide bonds. The third-order valence-corrected chi connectivity index (χ3v) is 12.0. The minimum absolute atomic E-state index is 0.0237. The van der Waals surface area contributed by atoms with Crippen molar-refractivity contribution in [2.45, 2.75) is 101 Å². The van der Waals surface area contributed by atoms with Crippen LogP contribution in [-0.2, 0) is 29.1 Å². The van der Waals surface area contributed by atoms with E-state index in [1.807, 2.05) is 56.3 Å². The second kappa shape index (κ2) is 15.8. The summed E-state index contributed by atoms with van der Waals surface area (Å²) >= 11 is 0. The Hall–Kier alpha value is -5.18. The van der Waals surface area contributed by atoms with Gasteiger partial charge >= 0.3 is 6.09 Å². The van der Waals surface area contributed by atoms with Crippen LogP contribution in [0.1, 0.15) is 66.7 Å². The molecule has 0 unspecified atom stereocenters. The van der Waals surface area contributed by atoms with Crippen LogP contribution < -0.4 is 24.8 Å². The summed E-state index contributed by atoms with van der Waals surface area (Å²) in [5.74, 6) is -1.53. The second-order valence-corrected chi connectivity index (χ2v) is 18.2. The van der Waals surface area contributed by atoms with Gasteiger partial charge in [0.2, 0.25) is 21.8 Å². The molecule has 5 atom stereocenters. The zero-order chi connectivity index (χ0) is 40.6. The summed E-state index contributed by atoms with van der Waals surface area (Å²) in [6, 6.07) is 14.6. The topological polar surface area (TPSA) is 182 Å². The molecule has 14 nitrogen and oxygen atoms in total. The Morgan fingerprint density at radius 2 is 1.79 bits per heavy atom. The molecule has 6 rings (SSSR count). The Labute approximate surface area is 327 Å². The molecule has 1 saturated heterocycles. The van der Waals surface area contributed by atoms with Crippen molar-refractivity contribution in [1.82, 2.24) is 25.2 Å². The quantitative estimate of drug-likeness (QED) is 0.191. The summed E-state index contributed by atoms with van der Waals surface area (Å²) in [6.07, 6.45) is 1.32. The van der Waals surface area contributed by atoms with Crippen molar-refractivity contribution in [3.63, 3.8) is 0 Å². The van der Waals surface area contributed by atoms with Gasteiger partial charge in [0.05, 0.1) is 30.1 Å². The standard InChI is InChI=1S/C41H51N5O9S/c1-8-26-22-41(26,38(49)45-56(51,52)29-15-16-29)44-36(47)34-20-28(23-46(34)37(48)33(18-24(2)3)43-39(50)55-40(4,5)6)54-35-21-31(25-12-10-9-11-13-25)42-32-19-27(53-7)14-17-30(32)35/h8-14,17,19,21,24,26,28-29,33-34H,1,15-16,18,20,22-23H2,2-7H3,(H,43,50)(H,44,47)(H,45,49)/t26-,28-,33+,34+,41-/m1/s1. The normalized spacial score (nSPS) is 22.6. The average Bonchev–Trinajstić information content (AvgIpc) is 4.07. The molecule has 3 fully saturated rings. The number of carbonyl (C=O) groups excluding carboxylic acids is 4. The maximum Gasteiger partial charge on any atom is 0.408 e. The second-order valence-electron chi connectivity index (χ2n) is 16.2. The lowest BCUT2D eigenvalue weighted by molar-refractivity contribution is -0.141. The van der Waals surface area contributed by atoms with Gasteiger partial charge in [-0.05, 0) is 64.5 Å². The predicted octanol–water partition coefficient (Wildman–Crippen LogP) is 4.87. The van der Waals surface area contributed by atoms with Crippen molar-refractivity contribution in [3.8, 4) is 22.8 Å². The molecule has 0 spiro atoms. The molecule has 3 aromatic rings. The number of ether oxygens (including phenoxy) is 3. The van der Waals surface area contributed by atoms with E-state index in [4.69, 9.17) is 19.2 Å². The number of benzene rings is 2. The summed E-state index contributed by atoms with van der Waals surface area (Å²) in [7, 11) is -2.34. The molecule has 3 aliphatic rings. The molecule has 56 heavy (non-hydrogen) atoms. The molecular formula is C41H51N5O9S. The van der Waals surface area contributed by atoms with E-state index in [1.165, 1.54) is 11.0 Å². The smallest absolute Gasteiger partial charge is 0.408 e. The lowest BCUT2D eigenvalue weighted by atomic mass is 10.0. The van der Waals surface area contributed by atoms with Crippen LogP contribution >= 0.6 is 0 Å². The third-order valence-electron chi connectivity index (χ3n) is 10.1. The zero-order valence-electron chi connectivity index (χ0n) is 32.7. The molecule has 2 aromatic carbocycles. The van der Waals surface area contributed by atoms with Gasteiger partial charge in [0.1, 0.15) is 40.8 Å². The fraction of sp³-hybridized carbons (Fsp3) is 0.488. The van der Waals surface area contributed by atoms with Gasteiger partial charge in [0, 0.05) is 35.4 Å². The summed E-state index contributed by atoms with van der Waals surface area (Å²) in [5.41, 5.74) is -0.295. The predicted molar refractivity (Wildman–Crippen MR) is 210 cm³/mol. The minimum Gasteiger partial charge on any atom is -0.497 e. The van der Waals surface area contributed by atoms with Crippen LogP contribution in [-0.4, -0.2) is 90.3 Å². The Bertz CT molecular complexity index is 2120. The monoisotopic (exact) mass is 789 g/mol. The van der Waals surface area contributed by atoms with Crippen molar-refractivity contribution in [2.24, 2.45) is 11.8 Å². The molecule has 15 heteroatoms. The largest absolute Gasteiger partial charge is 0.497 e. The van der Waals surface area contributed by atoms with Crippen LogP contribution in [0.25, 0.3) is 22.2 Å². The molecule has 2 saturated carbocycles. The first-order valence-electron chi connectivity index (χ1n) is 18.9. The number of sulfonamides is 1. The minimum atomic E-state index is -3.91. The number of pyridine rings is 1. The van der Waals surface area contributed by atoms with Gasteiger partial charge in [0.15, 0.2) is 0 Å². The number of carbonyl (C=O) groups is 4. The first kappa shape index (κ1) is 40.5. The van der Waals surface area contributed by atoms with Gasteiger partial charge in [-0.1, -0.05) is 50.3 Å². The lowest BCUT2D eigenvalue weighted by Crippen LogP contribution is -2.58. The number of hydrogen-bond donors (Lipinski definition) is 3. The molecule has 2 heterocycles. The number of hydrogen-bond acceptors (Lipinski definition) is 10. The van der Waals surface area contributed by atoms with Crippen molar-refractivity contribution >= 4 is 44.7 Å². The number of nitrogens with one attached hydrogen (secondary N) is 3. The number of rotatable bonds is 14. The SMILES string of the molecule is C=C[C@@H]1C[C@]1(NC(=O)[C@@H]1C[C@@H](Oc2cc(-c3ccccc3)nc3cc(OC)ccc23)CN1C(=O)[C@H](CC(C)C)NC(=O)OC(C)(C)C)C(=O)NS(=O)(=O)C1CC1. The fourth-order valence-electron chi connectivity index (χ4n) is 7.07. The molecule has 1 aromatic heterocycles. The first-order valence-corrected chi connectivity index (χ1v) is 20.5. The van der Waals surface area contributed by atoms with Crippen molar-refractivity contribution < 1.29 is 41.8 Å². The summed E-state index contributed by atoms with van der Waals surface area (Å²) < 4.78 is 45.3. The Morgan fingerprint density at radius 3 is 2.39 bits per heavy atom. The van der Waals surface area contributed by atoms with E-state index in [9.17, 15) is 27.6 Å². The van der Waals surface area contributed by atoms with Crippen molar-refractivity contribution in [2.75, 3.05) is 13.7 Å². The highest BCUT2D eigenvalue weighted by atomic mass is 32.2. The van der Waals surface area contributed by atoms with Gasteiger partial charge in [-0.2, -0.15) is 0 Å². The number of aromatic nitrogens is 1. The summed E-state index contributed by atoms with van der Waals surface area (Å²) in [6.45, 7) is 12.7. The average molecular weight is 790 g/mol. The Morgan fingerprint density at radius 1 is 1.07 bits per heavy atom. The van der Waals surface area contributed by atoms with Crippen LogP contribution in [0, 0.1) is 11.8 Å². The number of fused-ring (bicyclic) bond motifs is 1. The number of nitrogens with zero attached hydrogens (tertiary/aromatic N) is 2. The van der Waals surface area contributed by atoms with Crippen LogP contribution in [0.5, 0.6) is 11.5 Å². The van der Waals surface area contributed by atoms with Gasteiger partial charge < -0.3 is 29.7 Å². The van der Waals surface area contributed by atoms with E-state index >= 15 is 0 Å². The summed E-state index contributed by atoms with van der Waals surface area (Å²) in [5, 5.41) is 5.56. The van der Waals surface area contributed by atoms with E-state index < -0.39 is 74.3 Å². The highest BCUT2D eigenvalue weighted by Crippen LogP contribution is 2.45. The van der Waals surface area contributed by atoms with Crippen LogP contribution in [0.3, 0.4) is 0 Å². The number of alkyl carbamates (subject to hydrolysis) is 1. The Kier molecular flexibility index (Phi) is 11.4. The van der Waals surface area contributed by atoms with E-state index in [2.05, 4.69) is 21.9 Å². The maximum absolute atomic E-state index is 14.5. The Balaban J connectivity index is 1.33. The zero-order valence-corrected chi connectivity index (χ0v) is 33.5. The van der Waals surface area contributed by atoms with Crippen molar-refractivity contribution in [3.05, 3.63) is 67.3 Å². The molecule has 0 radical (unpaired) electrons. The van der Waals surface area contributed by atoms with E-state index in [-0.39, 0.29) is 31.7 Å². The van der Waals surface area contributed by atoms with Gasteiger partial charge in [0.25, 0.3) is 5.91 Å². The molecule has 1 aliphatic heterocycles. The number of methoxy groups -OCH3 is 1. The summed E-state index contributed by atoms with van der Waals surface area (Å²) in [4.78, 5) is 61.7. The molecule has 300 valence electrons. The van der Waals surface area contributed by atoms with E-state index in [0.717, 1.165) is 5.56 Å². The highest BCUT2D eigenvalue weighted by Gasteiger charge is 2.62. The molecular weight excluding hydrogens is 739 g/mol. The van der Waals surface area contributed by atoms with Crippen molar-refractivity contribution in [1.29, 1.82) is 0 Å². The lowest BCUT2D eigenvalue weighted by Gasteiger charge is -2.31. The molecule has 3 N–H and O–H groups in total. The molecule has 2 aliphatic carbocycles. The fourth-order valence-corrected chi connectivity index (χ4v) is 8.44. The van der Waals surface area contributed by atoms with E-state index in [1.54, 1.807) is 40.0 Å². The van der Waals surface area contributed by atoms with E-state index in [0.29, 0.717) is 40.9 Å². The third kappa shape index (κ3) is 9.09. The van der Waals surface area contributed by atoms with Gasteiger partial charge in [-0.25, -0.2) is 18.2 Å². The van der Waals surface area contributed by atoms with Crippen LogP contribution in [0.4, 0.5) is 4.79 Å². The first-order chi connectivity index (χ1) is 26.4.